The van der Waals surface area contributed by atoms with E-state index in [2.05, 4.69) is 20.1 Å². The van der Waals surface area contributed by atoms with Crippen LogP contribution in [0, 0.1) is 5.82 Å². The van der Waals surface area contributed by atoms with Gasteiger partial charge < -0.3 is 4.90 Å². The molecule has 0 bridgehead atoms. The Morgan fingerprint density at radius 2 is 2.03 bits per heavy atom. The van der Waals surface area contributed by atoms with Gasteiger partial charge in [0.25, 0.3) is 18.1 Å². The van der Waals surface area contributed by atoms with Gasteiger partial charge in [0, 0.05) is 19.0 Å². The minimum Gasteiger partial charge on any atom is -0.338 e. The average molecular weight is 445 g/mol. The first kappa shape index (κ1) is 19.8. The Bertz CT molecular complexity index is 1090. The zero-order valence-electron chi connectivity index (χ0n) is 14.7. The van der Waals surface area contributed by atoms with Crippen molar-refractivity contribution in [2.24, 2.45) is 0 Å². The summed E-state index contributed by atoms with van der Waals surface area (Å²) in [4.78, 5) is 25.6. The number of pyridine rings is 1. The van der Waals surface area contributed by atoms with Gasteiger partial charge in [0.05, 0.1) is 11.3 Å². The Hall–Kier alpha value is -2.46. The molecule has 0 radical (unpaired) electrons. The first-order chi connectivity index (χ1) is 13.8. The number of carbonyl (C=O) groups excluding carboxylic acids is 1. The zero-order valence-corrected chi connectivity index (χ0v) is 16.2. The summed E-state index contributed by atoms with van der Waals surface area (Å²) in [7, 11) is 0. The van der Waals surface area contributed by atoms with Gasteiger partial charge in [0.1, 0.15) is 17.2 Å². The molecule has 0 N–H and O–H groups in total. The zero-order chi connectivity index (χ0) is 20.7. The fourth-order valence-electron chi connectivity index (χ4n) is 3.45. The molecule has 12 heteroatoms. The Balaban J connectivity index is 1.67. The van der Waals surface area contributed by atoms with E-state index in [4.69, 9.17) is 23.2 Å². The molecular formula is C17H13Cl2F3N6O. The highest BCUT2D eigenvalue weighted by Crippen LogP contribution is 2.31. The molecule has 1 aliphatic heterocycles. The van der Waals surface area contributed by atoms with E-state index in [-0.39, 0.29) is 29.0 Å². The number of hydrogen-bond acceptors (Lipinski definition) is 5. The molecule has 1 aliphatic rings. The molecule has 0 aliphatic carbocycles. The number of fused-ring (bicyclic) bond motifs is 1. The van der Waals surface area contributed by atoms with E-state index in [1.807, 2.05) is 0 Å². The molecule has 1 amide bonds. The summed E-state index contributed by atoms with van der Waals surface area (Å²) in [6.45, 7) is 0.553. The molecule has 4 heterocycles. The predicted molar refractivity (Wildman–Crippen MR) is 97.8 cm³/mol. The maximum atomic E-state index is 14.3. The molecule has 1 atom stereocenters. The van der Waals surface area contributed by atoms with Crippen LogP contribution in [0.25, 0.3) is 5.78 Å². The summed E-state index contributed by atoms with van der Waals surface area (Å²) >= 11 is 11.5. The molecule has 7 nitrogen and oxygen atoms in total. The monoisotopic (exact) mass is 444 g/mol. The van der Waals surface area contributed by atoms with Gasteiger partial charge in [-0.25, -0.2) is 27.7 Å². The van der Waals surface area contributed by atoms with Crippen molar-refractivity contribution in [3.05, 3.63) is 51.5 Å². The van der Waals surface area contributed by atoms with E-state index >= 15 is 0 Å². The molecule has 1 saturated heterocycles. The minimum atomic E-state index is -2.77. The van der Waals surface area contributed by atoms with E-state index in [9.17, 15) is 18.0 Å². The highest BCUT2D eigenvalue weighted by atomic mass is 35.5. The Morgan fingerprint density at radius 3 is 2.79 bits per heavy atom. The van der Waals surface area contributed by atoms with Crippen molar-refractivity contribution in [2.45, 2.75) is 25.2 Å². The van der Waals surface area contributed by atoms with Crippen molar-refractivity contribution in [1.82, 2.24) is 29.5 Å². The molecule has 3 aromatic heterocycles. The minimum absolute atomic E-state index is 0.0555. The normalized spacial score (nSPS) is 17.3. The molecule has 0 unspecified atom stereocenters. The van der Waals surface area contributed by atoms with Crippen molar-refractivity contribution >= 4 is 34.9 Å². The van der Waals surface area contributed by atoms with Gasteiger partial charge in [-0.15, -0.1) is 0 Å². The summed E-state index contributed by atoms with van der Waals surface area (Å²) in [5.41, 5.74) is -0.237. The highest BCUT2D eigenvalue weighted by Gasteiger charge is 2.30. The van der Waals surface area contributed by atoms with E-state index in [0.29, 0.717) is 25.1 Å². The van der Waals surface area contributed by atoms with Crippen LogP contribution in [0.2, 0.25) is 10.3 Å². The number of piperidine rings is 1. The van der Waals surface area contributed by atoms with Crippen molar-refractivity contribution in [1.29, 1.82) is 0 Å². The van der Waals surface area contributed by atoms with Crippen molar-refractivity contribution < 1.29 is 18.0 Å². The van der Waals surface area contributed by atoms with Crippen LogP contribution in [0.1, 0.15) is 46.9 Å². The number of aromatic nitrogens is 5. The van der Waals surface area contributed by atoms with Crippen molar-refractivity contribution in [3.8, 4) is 0 Å². The number of amides is 1. The van der Waals surface area contributed by atoms with E-state index < -0.39 is 29.0 Å². The van der Waals surface area contributed by atoms with Crippen LogP contribution in [-0.2, 0) is 0 Å². The largest absolute Gasteiger partial charge is 0.338 e. The number of rotatable bonds is 3. The summed E-state index contributed by atoms with van der Waals surface area (Å²) in [5.74, 6) is -1.81. The van der Waals surface area contributed by atoms with Gasteiger partial charge in [0.2, 0.25) is 0 Å². The second-order valence-corrected chi connectivity index (χ2v) is 7.31. The molecule has 3 aromatic rings. The number of hydrogen-bond donors (Lipinski definition) is 0. The van der Waals surface area contributed by atoms with E-state index in [1.165, 1.54) is 21.8 Å². The van der Waals surface area contributed by atoms with Crippen LogP contribution < -0.4 is 0 Å². The topological polar surface area (TPSA) is 76.3 Å². The third-order valence-corrected chi connectivity index (χ3v) is 5.21. The van der Waals surface area contributed by atoms with Gasteiger partial charge in [0.15, 0.2) is 11.0 Å². The molecule has 4 rings (SSSR count). The van der Waals surface area contributed by atoms with Gasteiger partial charge in [-0.2, -0.15) is 10.1 Å². The molecular weight excluding hydrogens is 432 g/mol. The van der Waals surface area contributed by atoms with Crippen molar-refractivity contribution in [3.63, 3.8) is 0 Å². The SMILES string of the molecule is O=C(c1cc(Cl)nc(Cl)c1F)N1CCC[C@H](c2cc(C(F)F)nc3ncnn23)C1. The number of likely N-dealkylation sites (tertiary alicyclic amines) is 1. The summed E-state index contributed by atoms with van der Waals surface area (Å²) in [5, 5.41) is 3.46. The van der Waals surface area contributed by atoms with Crippen LogP contribution in [-0.4, -0.2) is 48.5 Å². The predicted octanol–water partition coefficient (Wildman–Crippen LogP) is 3.92. The second-order valence-electron chi connectivity index (χ2n) is 6.57. The first-order valence-corrected chi connectivity index (χ1v) is 9.40. The summed E-state index contributed by atoms with van der Waals surface area (Å²) < 4.78 is 42.2. The molecule has 1 fully saturated rings. The number of alkyl halides is 2. The van der Waals surface area contributed by atoms with E-state index in [1.54, 1.807) is 0 Å². The number of halogens is 5. The number of carbonyl (C=O) groups is 1. The molecule has 29 heavy (non-hydrogen) atoms. The van der Waals surface area contributed by atoms with Crippen LogP contribution in [0.5, 0.6) is 0 Å². The van der Waals surface area contributed by atoms with Gasteiger partial charge >= 0.3 is 0 Å². The summed E-state index contributed by atoms with van der Waals surface area (Å²) in [6.07, 6.45) is -0.325. The first-order valence-electron chi connectivity index (χ1n) is 8.64. The molecule has 0 spiro atoms. The third-order valence-electron chi connectivity index (χ3n) is 4.77. The Morgan fingerprint density at radius 1 is 1.24 bits per heavy atom. The molecule has 0 aromatic carbocycles. The second kappa shape index (κ2) is 7.75. The standard InChI is InChI=1S/C17H13Cl2F3N6O/c18-12-4-9(13(20)14(19)26-12)16(29)27-3-1-2-8(6-27)11-5-10(15(21)22)25-17-23-7-24-28(11)17/h4-5,7-8,15H,1-3,6H2/t8-/m0/s1. The average Bonchev–Trinajstić information content (AvgIpc) is 3.18. The van der Waals surface area contributed by atoms with Crippen LogP contribution in [0.15, 0.2) is 18.5 Å². The lowest BCUT2D eigenvalue weighted by molar-refractivity contribution is 0.0699. The summed E-state index contributed by atoms with van der Waals surface area (Å²) in [6, 6.07) is 2.39. The maximum absolute atomic E-state index is 14.3. The van der Waals surface area contributed by atoms with Gasteiger partial charge in [-0.05, 0) is 25.0 Å². The Kier molecular flexibility index (Phi) is 5.30. The van der Waals surface area contributed by atoms with Crippen LogP contribution in [0.4, 0.5) is 13.2 Å². The highest BCUT2D eigenvalue weighted by molar-refractivity contribution is 6.33. The lowest BCUT2D eigenvalue weighted by Gasteiger charge is -2.33. The molecule has 152 valence electrons. The quantitative estimate of drug-likeness (QED) is 0.572. The van der Waals surface area contributed by atoms with Crippen molar-refractivity contribution in [2.75, 3.05) is 13.1 Å². The Labute approximate surface area is 172 Å². The van der Waals surface area contributed by atoms with Crippen LogP contribution >= 0.6 is 23.2 Å². The van der Waals surface area contributed by atoms with E-state index in [0.717, 1.165) is 6.07 Å². The fourth-order valence-corrected chi connectivity index (χ4v) is 3.88. The van der Waals surface area contributed by atoms with Gasteiger partial charge in [-0.3, -0.25) is 4.79 Å². The lowest BCUT2D eigenvalue weighted by atomic mass is 9.93. The lowest BCUT2D eigenvalue weighted by Crippen LogP contribution is -2.40. The van der Waals surface area contributed by atoms with Gasteiger partial charge in [-0.1, -0.05) is 23.2 Å². The number of nitrogens with zero attached hydrogens (tertiary/aromatic N) is 6. The fraction of sp³-hybridized carbons (Fsp3) is 0.353. The maximum Gasteiger partial charge on any atom is 0.280 e. The third kappa shape index (κ3) is 3.74. The van der Waals surface area contributed by atoms with Crippen LogP contribution in [0.3, 0.4) is 0 Å². The smallest absolute Gasteiger partial charge is 0.280 e. The molecule has 0 saturated carbocycles.